The van der Waals surface area contributed by atoms with Crippen molar-refractivity contribution in [2.24, 2.45) is 7.05 Å². The highest BCUT2D eigenvalue weighted by Crippen LogP contribution is 2.18. The van der Waals surface area contributed by atoms with Gasteiger partial charge in [0.05, 0.1) is 23.5 Å². The van der Waals surface area contributed by atoms with Gasteiger partial charge in [0.1, 0.15) is 6.54 Å². The maximum Gasteiger partial charge on any atom is 0.408 e. The molecule has 0 aromatic carbocycles. The smallest absolute Gasteiger partial charge is 0.351 e. The molecule has 0 saturated heterocycles. The van der Waals surface area contributed by atoms with Crippen LogP contribution in [0.25, 0.3) is 0 Å². The first-order chi connectivity index (χ1) is 10.6. The molecule has 0 unspecified atom stereocenters. The normalized spacial score (nSPS) is 11.6. The first-order valence-corrected chi connectivity index (χ1v) is 6.94. The van der Waals surface area contributed by atoms with Gasteiger partial charge in [0.25, 0.3) is 0 Å². The Labute approximate surface area is 135 Å². The summed E-state index contributed by atoms with van der Waals surface area (Å²) in [6.45, 7) is -0.910. The molecule has 0 aliphatic rings. The quantitative estimate of drug-likeness (QED) is 0.922. The molecular formula is C13H15ClF3N5O. The molecule has 0 atom stereocenters. The maximum absolute atomic E-state index is 12.3. The van der Waals surface area contributed by atoms with Gasteiger partial charge in [-0.25, -0.2) is 4.79 Å². The summed E-state index contributed by atoms with van der Waals surface area (Å²) in [6, 6.07) is 1.26. The molecule has 0 spiro atoms. The molecule has 23 heavy (non-hydrogen) atoms. The van der Waals surface area contributed by atoms with Gasteiger partial charge in [-0.1, -0.05) is 11.6 Å². The number of urea groups is 1. The molecule has 0 radical (unpaired) electrons. The van der Waals surface area contributed by atoms with E-state index >= 15 is 0 Å². The lowest BCUT2D eigenvalue weighted by Crippen LogP contribution is -2.31. The van der Waals surface area contributed by atoms with Crippen LogP contribution in [0.15, 0.2) is 24.7 Å². The van der Waals surface area contributed by atoms with Crippen molar-refractivity contribution < 1.29 is 18.0 Å². The monoisotopic (exact) mass is 349 g/mol. The van der Waals surface area contributed by atoms with Crippen LogP contribution in [-0.4, -0.2) is 38.5 Å². The number of anilines is 1. The molecule has 1 N–H and O–H groups in total. The van der Waals surface area contributed by atoms with Crippen LogP contribution in [0.2, 0.25) is 5.02 Å². The molecule has 2 heterocycles. The van der Waals surface area contributed by atoms with Crippen LogP contribution >= 0.6 is 11.6 Å². The van der Waals surface area contributed by atoms with E-state index in [1.54, 1.807) is 30.9 Å². The van der Waals surface area contributed by atoms with Crippen LogP contribution in [0.1, 0.15) is 5.69 Å². The summed E-state index contributed by atoms with van der Waals surface area (Å²) in [7, 11) is 3.37. The average Bonchev–Trinajstić information content (AvgIpc) is 2.94. The minimum atomic E-state index is -4.37. The number of halogens is 4. The predicted octanol–water partition coefficient (Wildman–Crippen LogP) is 3.10. The Bertz CT molecular complexity index is 694. The molecule has 0 saturated carbocycles. The minimum Gasteiger partial charge on any atom is -0.351 e. The molecule has 6 nitrogen and oxygen atoms in total. The minimum absolute atomic E-state index is 0.191. The van der Waals surface area contributed by atoms with Crippen LogP contribution in [0, 0.1) is 0 Å². The Morgan fingerprint density at radius 3 is 2.70 bits per heavy atom. The number of alkyl halides is 3. The average molecular weight is 350 g/mol. The third-order valence-electron chi connectivity index (χ3n) is 3.05. The van der Waals surface area contributed by atoms with Gasteiger partial charge in [-0.3, -0.25) is 4.68 Å². The zero-order valence-electron chi connectivity index (χ0n) is 12.4. The van der Waals surface area contributed by atoms with Crippen molar-refractivity contribution in [1.29, 1.82) is 0 Å². The Morgan fingerprint density at radius 1 is 1.43 bits per heavy atom. The van der Waals surface area contributed by atoms with Crippen LogP contribution < -0.4 is 5.32 Å². The fourth-order valence-electron chi connectivity index (χ4n) is 1.96. The van der Waals surface area contributed by atoms with Gasteiger partial charge in [-0.2, -0.15) is 18.3 Å². The van der Waals surface area contributed by atoms with Crippen molar-refractivity contribution in [3.8, 4) is 0 Å². The summed E-state index contributed by atoms with van der Waals surface area (Å²) < 4.78 is 39.3. The lowest BCUT2D eigenvalue weighted by Gasteiger charge is -2.17. The van der Waals surface area contributed by atoms with E-state index in [0.717, 1.165) is 18.1 Å². The largest absolute Gasteiger partial charge is 0.408 e. The maximum atomic E-state index is 12.3. The van der Waals surface area contributed by atoms with Gasteiger partial charge in [0.15, 0.2) is 0 Å². The number of rotatable bonds is 4. The Hall–Kier alpha value is -2.16. The molecule has 10 heteroatoms. The molecule has 2 aromatic heterocycles. The first kappa shape index (κ1) is 17.2. The molecular weight excluding hydrogens is 335 g/mol. The fraction of sp³-hybridized carbons (Fsp3) is 0.385. The highest BCUT2D eigenvalue weighted by Gasteiger charge is 2.28. The molecule has 0 fully saturated rings. The number of amides is 2. The molecule has 126 valence electrons. The number of carbonyl (C=O) groups is 1. The van der Waals surface area contributed by atoms with Crippen LogP contribution in [0.5, 0.6) is 0 Å². The predicted molar refractivity (Wildman–Crippen MR) is 79.2 cm³/mol. The molecule has 0 aliphatic carbocycles. The number of aromatic nitrogens is 3. The summed E-state index contributed by atoms with van der Waals surface area (Å²) in [4.78, 5) is 13.4. The second-order valence-corrected chi connectivity index (χ2v) is 5.52. The van der Waals surface area contributed by atoms with Crippen molar-refractivity contribution in [2.75, 3.05) is 12.4 Å². The third-order valence-corrected chi connectivity index (χ3v) is 3.25. The van der Waals surface area contributed by atoms with Gasteiger partial charge >= 0.3 is 12.2 Å². The number of carbonyl (C=O) groups excluding carboxylic acids is 1. The van der Waals surface area contributed by atoms with Gasteiger partial charge in [-0.05, 0) is 6.07 Å². The number of aryl methyl sites for hydroxylation is 1. The molecule has 0 aliphatic heterocycles. The second kappa shape index (κ2) is 6.53. The van der Waals surface area contributed by atoms with E-state index in [1.165, 1.54) is 4.90 Å². The van der Waals surface area contributed by atoms with Crippen molar-refractivity contribution in [3.63, 3.8) is 0 Å². The Balaban J connectivity index is 1.94. The fourth-order valence-corrected chi connectivity index (χ4v) is 2.23. The summed E-state index contributed by atoms with van der Waals surface area (Å²) in [6.07, 6.45) is -0.366. The summed E-state index contributed by atoms with van der Waals surface area (Å²) in [5.41, 5.74) is 1.01. The highest BCUT2D eigenvalue weighted by molar-refractivity contribution is 6.30. The van der Waals surface area contributed by atoms with Gasteiger partial charge in [-0.15, -0.1) is 0 Å². The van der Waals surface area contributed by atoms with E-state index < -0.39 is 18.8 Å². The summed E-state index contributed by atoms with van der Waals surface area (Å²) >= 11 is 5.87. The molecule has 2 amide bonds. The van der Waals surface area contributed by atoms with Gasteiger partial charge < -0.3 is 14.8 Å². The SMILES string of the molecule is CN(Cc1cc(Cl)cn1C)C(=O)Nc1cnn(CC(F)(F)F)c1. The number of nitrogens with one attached hydrogen (secondary N) is 1. The topological polar surface area (TPSA) is 55.1 Å². The zero-order valence-corrected chi connectivity index (χ0v) is 13.2. The third kappa shape index (κ3) is 4.92. The van der Waals surface area contributed by atoms with E-state index in [1.807, 2.05) is 0 Å². The second-order valence-electron chi connectivity index (χ2n) is 5.09. The summed E-state index contributed by atoms with van der Waals surface area (Å²) in [5.74, 6) is 0. The Kier molecular flexibility index (Phi) is 4.88. The highest BCUT2D eigenvalue weighted by atomic mass is 35.5. The van der Waals surface area contributed by atoms with Gasteiger partial charge in [0.2, 0.25) is 0 Å². The number of hydrogen-bond donors (Lipinski definition) is 1. The van der Waals surface area contributed by atoms with E-state index in [9.17, 15) is 18.0 Å². The Morgan fingerprint density at radius 2 is 2.13 bits per heavy atom. The van der Waals surface area contributed by atoms with Gasteiger partial charge in [0, 0.05) is 32.2 Å². The van der Waals surface area contributed by atoms with Crippen molar-refractivity contribution >= 4 is 23.3 Å². The van der Waals surface area contributed by atoms with E-state index in [0.29, 0.717) is 16.2 Å². The van der Waals surface area contributed by atoms with E-state index in [4.69, 9.17) is 11.6 Å². The lowest BCUT2D eigenvalue weighted by atomic mass is 10.4. The molecule has 2 aromatic rings. The number of nitrogens with zero attached hydrogens (tertiary/aromatic N) is 4. The van der Waals surface area contributed by atoms with E-state index in [2.05, 4.69) is 10.4 Å². The summed E-state index contributed by atoms with van der Waals surface area (Å²) in [5, 5.41) is 6.61. The van der Waals surface area contributed by atoms with Crippen molar-refractivity contribution in [2.45, 2.75) is 19.3 Å². The van der Waals surface area contributed by atoms with Crippen LogP contribution in [0.3, 0.4) is 0 Å². The number of hydrogen-bond acceptors (Lipinski definition) is 2. The van der Waals surface area contributed by atoms with Crippen LogP contribution in [-0.2, 0) is 20.1 Å². The van der Waals surface area contributed by atoms with Crippen LogP contribution in [0.4, 0.5) is 23.7 Å². The van der Waals surface area contributed by atoms with E-state index in [-0.39, 0.29) is 5.69 Å². The standard InChI is InChI=1S/C13H15ClF3N5O/c1-20-5-9(14)3-11(20)7-21(2)12(23)19-10-4-18-22(6-10)8-13(15,16)17/h3-6H,7-8H2,1-2H3,(H,19,23). The first-order valence-electron chi connectivity index (χ1n) is 6.56. The van der Waals surface area contributed by atoms with Crippen molar-refractivity contribution in [1.82, 2.24) is 19.2 Å². The molecule has 2 rings (SSSR count). The molecule has 0 bridgehead atoms. The lowest BCUT2D eigenvalue weighted by molar-refractivity contribution is -0.142. The zero-order chi connectivity index (χ0) is 17.2. The van der Waals surface area contributed by atoms with Crippen molar-refractivity contribution in [3.05, 3.63) is 35.4 Å².